The van der Waals surface area contributed by atoms with Crippen LogP contribution in [-0.2, 0) is 4.79 Å². The lowest BCUT2D eigenvalue weighted by molar-refractivity contribution is -0.123. The van der Waals surface area contributed by atoms with Crippen LogP contribution in [0.15, 0.2) is 103 Å². The predicted octanol–water partition coefficient (Wildman–Crippen LogP) is 5.56. The van der Waals surface area contributed by atoms with E-state index in [4.69, 9.17) is 4.74 Å². The third-order valence-corrected chi connectivity index (χ3v) is 5.25. The van der Waals surface area contributed by atoms with Gasteiger partial charge in [-0.25, -0.2) is 0 Å². The number of nitrogens with one attached hydrogen (secondary N) is 1. The molecule has 0 bridgehead atoms. The first-order valence-corrected chi connectivity index (χ1v) is 10.3. The largest absolute Gasteiger partial charge is 0.484 e. The topological polar surface area (TPSA) is 38.3 Å². The Morgan fingerprint density at radius 1 is 0.733 bits per heavy atom. The van der Waals surface area contributed by atoms with Gasteiger partial charge in [-0.3, -0.25) is 4.79 Å². The third kappa shape index (κ3) is 5.06. The van der Waals surface area contributed by atoms with Crippen molar-refractivity contribution in [2.45, 2.75) is 12.3 Å². The molecule has 0 aromatic heterocycles. The van der Waals surface area contributed by atoms with Gasteiger partial charge in [0.25, 0.3) is 5.91 Å². The quantitative estimate of drug-likeness (QED) is 0.424. The number of fused-ring (bicyclic) bond motifs is 1. The second kappa shape index (κ2) is 9.75. The smallest absolute Gasteiger partial charge is 0.257 e. The second-order valence-electron chi connectivity index (χ2n) is 7.31. The van der Waals surface area contributed by atoms with E-state index >= 15 is 0 Å². The van der Waals surface area contributed by atoms with Gasteiger partial charge >= 0.3 is 0 Å². The molecule has 0 fully saturated rings. The average molecular weight is 396 g/mol. The van der Waals surface area contributed by atoms with Crippen molar-refractivity contribution in [2.24, 2.45) is 0 Å². The number of carbonyl (C=O) groups excluding carboxylic acids is 1. The van der Waals surface area contributed by atoms with E-state index in [9.17, 15) is 4.79 Å². The fourth-order valence-corrected chi connectivity index (χ4v) is 3.71. The Morgan fingerprint density at radius 3 is 2.00 bits per heavy atom. The Balaban J connectivity index is 1.32. The lowest BCUT2D eigenvalue weighted by Crippen LogP contribution is -2.30. The van der Waals surface area contributed by atoms with Crippen molar-refractivity contribution in [3.8, 4) is 5.75 Å². The SMILES string of the molecule is O=C(COc1ccc2ccccc2c1)NCCC(c1ccccc1)c1ccccc1. The maximum Gasteiger partial charge on any atom is 0.257 e. The molecule has 0 heterocycles. The summed E-state index contributed by atoms with van der Waals surface area (Å²) < 4.78 is 5.69. The highest BCUT2D eigenvalue weighted by atomic mass is 16.5. The van der Waals surface area contributed by atoms with Gasteiger partial charge in [-0.15, -0.1) is 0 Å². The molecule has 4 aromatic carbocycles. The van der Waals surface area contributed by atoms with Crippen LogP contribution < -0.4 is 10.1 Å². The van der Waals surface area contributed by atoms with Gasteiger partial charge in [0.2, 0.25) is 0 Å². The summed E-state index contributed by atoms with van der Waals surface area (Å²) in [5.74, 6) is 0.840. The van der Waals surface area contributed by atoms with E-state index in [0.717, 1.165) is 17.2 Å². The first kappa shape index (κ1) is 19.7. The summed E-state index contributed by atoms with van der Waals surface area (Å²) in [6, 6.07) is 34.8. The van der Waals surface area contributed by atoms with Crippen LogP contribution in [0.4, 0.5) is 0 Å². The molecule has 150 valence electrons. The zero-order chi connectivity index (χ0) is 20.6. The maximum atomic E-state index is 12.3. The van der Waals surface area contributed by atoms with Crippen LogP contribution in [0.1, 0.15) is 23.5 Å². The highest BCUT2D eigenvalue weighted by Gasteiger charge is 2.14. The molecule has 0 aliphatic carbocycles. The molecule has 0 aliphatic heterocycles. The maximum absolute atomic E-state index is 12.3. The standard InChI is InChI=1S/C27H25NO2/c29-27(20-30-25-16-15-21-9-7-8-14-24(21)19-25)28-18-17-26(22-10-3-1-4-11-22)23-12-5-2-6-13-23/h1-16,19,26H,17-18,20H2,(H,28,29). The molecular formula is C27H25NO2. The molecule has 4 aromatic rings. The van der Waals surface area contributed by atoms with Crippen molar-refractivity contribution >= 4 is 16.7 Å². The molecule has 0 radical (unpaired) electrons. The minimum atomic E-state index is -0.108. The molecular weight excluding hydrogens is 370 g/mol. The number of benzene rings is 4. The summed E-state index contributed by atoms with van der Waals surface area (Å²) in [4.78, 5) is 12.3. The van der Waals surface area contributed by atoms with E-state index < -0.39 is 0 Å². The van der Waals surface area contributed by atoms with E-state index in [2.05, 4.69) is 59.9 Å². The van der Waals surface area contributed by atoms with E-state index in [0.29, 0.717) is 12.3 Å². The third-order valence-electron chi connectivity index (χ3n) is 5.25. The summed E-state index contributed by atoms with van der Waals surface area (Å²) in [6.07, 6.45) is 0.829. The predicted molar refractivity (Wildman–Crippen MR) is 122 cm³/mol. The Bertz CT molecular complexity index is 1050. The summed E-state index contributed by atoms with van der Waals surface area (Å²) in [6.45, 7) is 0.605. The number of rotatable bonds is 8. The van der Waals surface area contributed by atoms with E-state index in [1.54, 1.807) is 0 Å². The zero-order valence-corrected chi connectivity index (χ0v) is 16.8. The molecule has 30 heavy (non-hydrogen) atoms. The van der Waals surface area contributed by atoms with Gasteiger partial charge in [-0.05, 0) is 40.5 Å². The highest BCUT2D eigenvalue weighted by Crippen LogP contribution is 2.27. The van der Waals surface area contributed by atoms with Crippen LogP contribution in [-0.4, -0.2) is 19.1 Å². The molecule has 3 nitrogen and oxygen atoms in total. The van der Waals surface area contributed by atoms with Crippen molar-refractivity contribution in [2.75, 3.05) is 13.2 Å². The van der Waals surface area contributed by atoms with Gasteiger partial charge in [0, 0.05) is 12.5 Å². The van der Waals surface area contributed by atoms with E-state index in [1.807, 2.05) is 48.5 Å². The fraction of sp³-hybridized carbons (Fsp3) is 0.148. The van der Waals surface area contributed by atoms with Crippen LogP contribution in [0.5, 0.6) is 5.75 Å². The number of hydrogen-bond acceptors (Lipinski definition) is 2. The van der Waals surface area contributed by atoms with Gasteiger partial charge in [0.1, 0.15) is 5.75 Å². The van der Waals surface area contributed by atoms with Crippen LogP contribution in [0.25, 0.3) is 10.8 Å². The van der Waals surface area contributed by atoms with E-state index in [-0.39, 0.29) is 18.4 Å². The van der Waals surface area contributed by atoms with Crippen LogP contribution in [0, 0.1) is 0 Å². The van der Waals surface area contributed by atoms with Crippen LogP contribution >= 0.6 is 0 Å². The number of amides is 1. The van der Waals surface area contributed by atoms with Gasteiger partial charge in [0.05, 0.1) is 0 Å². The molecule has 4 rings (SSSR count). The van der Waals surface area contributed by atoms with Gasteiger partial charge in [-0.1, -0.05) is 91.0 Å². The lowest BCUT2D eigenvalue weighted by Gasteiger charge is -2.18. The van der Waals surface area contributed by atoms with Crippen molar-refractivity contribution in [3.05, 3.63) is 114 Å². The number of ether oxygens (including phenoxy) is 1. The summed E-state index contributed by atoms with van der Waals surface area (Å²) in [7, 11) is 0. The molecule has 1 N–H and O–H groups in total. The summed E-state index contributed by atoms with van der Waals surface area (Å²) >= 11 is 0. The van der Waals surface area contributed by atoms with Crippen LogP contribution in [0.3, 0.4) is 0 Å². The minimum Gasteiger partial charge on any atom is -0.484 e. The minimum absolute atomic E-state index is 0.0136. The van der Waals surface area contributed by atoms with E-state index in [1.165, 1.54) is 11.1 Å². The van der Waals surface area contributed by atoms with Crippen molar-refractivity contribution in [3.63, 3.8) is 0 Å². The molecule has 0 atom stereocenters. The molecule has 0 unspecified atom stereocenters. The molecule has 0 saturated heterocycles. The molecule has 0 aliphatic rings. The normalized spacial score (nSPS) is 10.8. The monoisotopic (exact) mass is 395 g/mol. The second-order valence-corrected chi connectivity index (χ2v) is 7.31. The van der Waals surface area contributed by atoms with Gasteiger partial charge < -0.3 is 10.1 Å². The Labute approximate surface area is 177 Å². The Kier molecular flexibility index (Phi) is 6.41. The first-order chi connectivity index (χ1) is 14.8. The Hall–Kier alpha value is -3.59. The average Bonchev–Trinajstić information content (AvgIpc) is 2.81. The molecule has 0 spiro atoms. The van der Waals surface area contributed by atoms with Crippen LogP contribution in [0.2, 0.25) is 0 Å². The highest BCUT2D eigenvalue weighted by molar-refractivity contribution is 5.84. The fourth-order valence-electron chi connectivity index (χ4n) is 3.71. The Morgan fingerprint density at radius 2 is 1.33 bits per heavy atom. The van der Waals surface area contributed by atoms with Gasteiger partial charge in [0.15, 0.2) is 6.61 Å². The van der Waals surface area contributed by atoms with Crippen molar-refractivity contribution in [1.82, 2.24) is 5.32 Å². The van der Waals surface area contributed by atoms with Gasteiger partial charge in [-0.2, -0.15) is 0 Å². The summed E-state index contributed by atoms with van der Waals surface area (Å²) in [5.41, 5.74) is 2.51. The first-order valence-electron chi connectivity index (χ1n) is 10.3. The van der Waals surface area contributed by atoms with Crippen molar-refractivity contribution < 1.29 is 9.53 Å². The molecule has 3 heteroatoms. The summed E-state index contributed by atoms with van der Waals surface area (Å²) in [5, 5.41) is 5.25. The zero-order valence-electron chi connectivity index (χ0n) is 16.8. The molecule has 0 saturated carbocycles. The lowest BCUT2D eigenvalue weighted by atomic mass is 9.88. The molecule has 1 amide bonds. The number of hydrogen-bond donors (Lipinski definition) is 1. The van der Waals surface area contributed by atoms with Crippen molar-refractivity contribution in [1.29, 1.82) is 0 Å². The number of carbonyl (C=O) groups is 1.